The van der Waals surface area contributed by atoms with Gasteiger partial charge in [0.05, 0.1) is 0 Å². The van der Waals surface area contributed by atoms with Crippen molar-refractivity contribution in [1.29, 1.82) is 0 Å². The van der Waals surface area contributed by atoms with E-state index in [4.69, 9.17) is 11.6 Å². The van der Waals surface area contributed by atoms with Crippen LogP contribution in [0.4, 0.5) is 10.2 Å². The standard InChI is InChI=1S/C12H12ClFN4O2S/c13-7-1-2-9(14)11(5-7)21(19,20)18-12-8-6-15-4-3-10(8)16-17-12/h1-2,5,15H,3-4,6H2,(H2,16,17,18). The Hall–Kier alpha value is -1.64. The topological polar surface area (TPSA) is 86.9 Å². The lowest BCUT2D eigenvalue weighted by Crippen LogP contribution is -2.24. The molecule has 0 amide bonds. The third-order valence-corrected chi connectivity index (χ3v) is 4.81. The zero-order valence-electron chi connectivity index (χ0n) is 10.8. The van der Waals surface area contributed by atoms with Crippen molar-refractivity contribution in [2.75, 3.05) is 11.3 Å². The largest absolute Gasteiger partial charge is 0.312 e. The first-order chi connectivity index (χ1) is 9.97. The van der Waals surface area contributed by atoms with E-state index in [2.05, 4.69) is 20.2 Å². The van der Waals surface area contributed by atoms with Crippen molar-refractivity contribution in [1.82, 2.24) is 15.5 Å². The van der Waals surface area contributed by atoms with Gasteiger partial charge in [-0.1, -0.05) is 11.6 Å². The Morgan fingerprint density at radius 3 is 3.00 bits per heavy atom. The molecule has 112 valence electrons. The Morgan fingerprint density at radius 1 is 1.38 bits per heavy atom. The van der Waals surface area contributed by atoms with Crippen LogP contribution in [0, 0.1) is 5.82 Å². The minimum Gasteiger partial charge on any atom is -0.312 e. The molecule has 0 fully saturated rings. The molecule has 9 heteroatoms. The van der Waals surface area contributed by atoms with E-state index in [0.717, 1.165) is 36.4 Å². The summed E-state index contributed by atoms with van der Waals surface area (Å²) in [5.74, 6) is -0.689. The summed E-state index contributed by atoms with van der Waals surface area (Å²) in [6.07, 6.45) is 0.732. The molecule has 1 aliphatic heterocycles. The average molecular weight is 331 g/mol. The number of aromatic nitrogens is 2. The Balaban J connectivity index is 1.97. The number of aromatic amines is 1. The van der Waals surface area contributed by atoms with Crippen molar-refractivity contribution in [2.24, 2.45) is 0 Å². The summed E-state index contributed by atoms with van der Waals surface area (Å²) in [7, 11) is -4.09. The minimum atomic E-state index is -4.09. The minimum absolute atomic E-state index is 0.141. The lowest BCUT2D eigenvalue weighted by molar-refractivity contribution is 0.570. The van der Waals surface area contributed by atoms with Crippen molar-refractivity contribution in [3.63, 3.8) is 0 Å². The highest BCUT2D eigenvalue weighted by Gasteiger charge is 2.24. The van der Waals surface area contributed by atoms with Gasteiger partial charge in [0.1, 0.15) is 10.7 Å². The highest BCUT2D eigenvalue weighted by molar-refractivity contribution is 7.92. The van der Waals surface area contributed by atoms with Crippen LogP contribution in [0.1, 0.15) is 11.3 Å². The molecule has 0 bridgehead atoms. The van der Waals surface area contributed by atoms with Crippen molar-refractivity contribution < 1.29 is 12.8 Å². The number of rotatable bonds is 3. The summed E-state index contributed by atoms with van der Waals surface area (Å²) in [4.78, 5) is -0.504. The molecule has 0 aliphatic carbocycles. The van der Waals surface area contributed by atoms with Gasteiger partial charge in [-0.05, 0) is 18.2 Å². The fourth-order valence-electron chi connectivity index (χ4n) is 2.18. The van der Waals surface area contributed by atoms with Crippen LogP contribution in [0.15, 0.2) is 23.1 Å². The molecule has 21 heavy (non-hydrogen) atoms. The van der Waals surface area contributed by atoms with Crippen LogP contribution in [0.3, 0.4) is 0 Å². The molecule has 1 aliphatic rings. The maximum absolute atomic E-state index is 13.7. The van der Waals surface area contributed by atoms with Gasteiger partial charge in [-0.3, -0.25) is 9.82 Å². The van der Waals surface area contributed by atoms with Gasteiger partial charge < -0.3 is 5.32 Å². The van der Waals surface area contributed by atoms with E-state index in [1.54, 1.807) is 0 Å². The molecule has 0 atom stereocenters. The number of anilines is 1. The van der Waals surface area contributed by atoms with Crippen molar-refractivity contribution in [2.45, 2.75) is 17.9 Å². The first-order valence-corrected chi connectivity index (χ1v) is 8.08. The van der Waals surface area contributed by atoms with Gasteiger partial charge in [0, 0.05) is 35.8 Å². The van der Waals surface area contributed by atoms with Gasteiger partial charge in [0.25, 0.3) is 10.0 Å². The highest BCUT2D eigenvalue weighted by atomic mass is 35.5. The Labute approximate surface area is 125 Å². The van der Waals surface area contributed by atoms with Crippen LogP contribution >= 0.6 is 11.6 Å². The molecule has 0 unspecified atom stereocenters. The predicted molar refractivity (Wildman–Crippen MR) is 76.2 cm³/mol. The van der Waals surface area contributed by atoms with E-state index in [1.807, 2.05) is 0 Å². The van der Waals surface area contributed by atoms with Gasteiger partial charge in [-0.25, -0.2) is 12.8 Å². The molecule has 1 aromatic heterocycles. The summed E-state index contributed by atoms with van der Waals surface area (Å²) in [5.41, 5.74) is 1.62. The lowest BCUT2D eigenvalue weighted by atomic mass is 10.1. The molecule has 0 saturated carbocycles. The van der Waals surface area contributed by atoms with Crippen molar-refractivity contribution in [3.05, 3.63) is 40.3 Å². The van der Waals surface area contributed by atoms with Crippen LogP contribution in [-0.2, 0) is 23.0 Å². The number of hydrogen-bond donors (Lipinski definition) is 3. The maximum Gasteiger partial charge on any atom is 0.266 e. The van der Waals surface area contributed by atoms with Gasteiger partial charge in [0.2, 0.25) is 0 Å². The fourth-order valence-corrected chi connectivity index (χ4v) is 3.55. The van der Waals surface area contributed by atoms with Gasteiger partial charge in [-0.2, -0.15) is 5.10 Å². The van der Waals surface area contributed by atoms with E-state index in [9.17, 15) is 12.8 Å². The Morgan fingerprint density at radius 2 is 2.19 bits per heavy atom. The maximum atomic E-state index is 13.7. The number of nitrogens with one attached hydrogen (secondary N) is 3. The molecule has 6 nitrogen and oxygen atoms in total. The molecular weight excluding hydrogens is 319 g/mol. The van der Waals surface area contributed by atoms with Crippen LogP contribution in [0.5, 0.6) is 0 Å². The van der Waals surface area contributed by atoms with E-state index in [-0.39, 0.29) is 10.8 Å². The number of benzene rings is 1. The highest BCUT2D eigenvalue weighted by Crippen LogP contribution is 2.25. The molecule has 2 heterocycles. The predicted octanol–water partition coefficient (Wildman–Crippen LogP) is 1.65. The lowest BCUT2D eigenvalue weighted by Gasteiger charge is -2.14. The third kappa shape index (κ3) is 2.74. The second kappa shape index (κ2) is 5.28. The summed E-state index contributed by atoms with van der Waals surface area (Å²) >= 11 is 5.73. The quantitative estimate of drug-likeness (QED) is 0.798. The summed E-state index contributed by atoms with van der Waals surface area (Å²) < 4.78 is 40.6. The van der Waals surface area contributed by atoms with Gasteiger partial charge in [0.15, 0.2) is 5.82 Å². The monoisotopic (exact) mass is 330 g/mol. The smallest absolute Gasteiger partial charge is 0.266 e. The zero-order valence-corrected chi connectivity index (χ0v) is 12.4. The summed E-state index contributed by atoms with van der Waals surface area (Å²) in [6.45, 7) is 1.30. The normalized spacial score (nSPS) is 14.8. The van der Waals surface area contributed by atoms with E-state index in [1.165, 1.54) is 6.07 Å². The molecule has 0 saturated heterocycles. The second-order valence-corrected chi connectivity index (χ2v) is 6.72. The second-order valence-electron chi connectivity index (χ2n) is 4.64. The van der Waals surface area contributed by atoms with E-state index in [0.29, 0.717) is 6.54 Å². The number of sulfonamides is 1. The molecule has 0 radical (unpaired) electrons. The fraction of sp³-hybridized carbons (Fsp3) is 0.250. The summed E-state index contributed by atoms with van der Waals surface area (Å²) in [6, 6.07) is 3.37. The Kier molecular flexibility index (Phi) is 3.60. The number of fused-ring (bicyclic) bond motifs is 1. The zero-order chi connectivity index (χ0) is 15.0. The van der Waals surface area contributed by atoms with Crippen LogP contribution in [0.25, 0.3) is 0 Å². The number of hydrogen-bond acceptors (Lipinski definition) is 4. The Bertz CT molecular complexity index is 791. The SMILES string of the molecule is O=S(=O)(Nc1n[nH]c2c1CNCC2)c1cc(Cl)ccc1F. The van der Waals surface area contributed by atoms with Crippen LogP contribution in [-0.4, -0.2) is 25.2 Å². The first-order valence-electron chi connectivity index (χ1n) is 6.22. The van der Waals surface area contributed by atoms with Crippen LogP contribution < -0.4 is 10.0 Å². The molecule has 1 aromatic carbocycles. The summed E-state index contributed by atoms with van der Waals surface area (Å²) in [5, 5.41) is 10.0. The first kappa shape index (κ1) is 14.3. The van der Waals surface area contributed by atoms with Gasteiger partial charge in [-0.15, -0.1) is 0 Å². The molecule has 0 spiro atoms. The molecular formula is C12H12ClFN4O2S. The number of nitrogens with zero attached hydrogens (tertiary/aromatic N) is 1. The number of H-pyrrole nitrogens is 1. The van der Waals surface area contributed by atoms with Crippen molar-refractivity contribution in [3.8, 4) is 0 Å². The third-order valence-electron chi connectivity index (χ3n) is 3.22. The van der Waals surface area contributed by atoms with E-state index >= 15 is 0 Å². The van der Waals surface area contributed by atoms with Gasteiger partial charge >= 0.3 is 0 Å². The average Bonchev–Trinajstić information content (AvgIpc) is 2.84. The molecule has 2 aromatic rings. The van der Waals surface area contributed by atoms with Crippen molar-refractivity contribution >= 4 is 27.4 Å². The molecule has 3 rings (SSSR count). The van der Waals surface area contributed by atoms with E-state index < -0.39 is 20.7 Å². The molecule has 3 N–H and O–H groups in total. The number of halogens is 2. The van der Waals surface area contributed by atoms with Crippen LogP contribution in [0.2, 0.25) is 5.02 Å².